The van der Waals surface area contributed by atoms with E-state index >= 15 is 0 Å². The van der Waals surface area contributed by atoms with E-state index in [0.29, 0.717) is 30.4 Å². The van der Waals surface area contributed by atoms with Gasteiger partial charge in [-0.25, -0.2) is 8.42 Å². The fourth-order valence-corrected chi connectivity index (χ4v) is 6.66. The predicted molar refractivity (Wildman–Crippen MR) is 132 cm³/mol. The molecule has 0 radical (unpaired) electrons. The minimum Gasteiger partial charge on any atom is -0.376 e. The number of hydrogen-bond acceptors (Lipinski definition) is 7. The van der Waals surface area contributed by atoms with Gasteiger partial charge in [0.1, 0.15) is 11.8 Å². The lowest BCUT2D eigenvalue weighted by atomic mass is 9.87. The summed E-state index contributed by atoms with van der Waals surface area (Å²) in [7, 11) is -9.90. The smallest absolute Gasteiger partial charge is 0.376 e. The van der Waals surface area contributed by atoms with Gasteiger partial charge in [0.05, 0.1) is 17.4 Å². The molecule has 0 bridgehead atoms. The molecule has 39 heavy (non-hydrogen) atoms. The van der Waals surface area contributed by atoms with E-state index in [1.807, 2.05) is 0 Å². The van der Waals surface area contributed by atoms with Crippen LogP contribution in [0, 0.1) is 6.92 Å². The number of piperazine rings is 1. The fourth-order valence-electron chi connectivity index (χ4n) is 4.62. The standard InChI is InChI=1S/C24H26F3N3O7S2/c1-15-5-8-18(9-6-15)38(33,34)30-12-11-28-23(32)21(30)14-22(31)29-20-4-2-3-16-13-17(7-10-19(16)20)37-39(35,36)24(25,26)27/h5-10,13,20-21H,2-4,11-12,14H2,1H3,(H,28,32)(H,29,31)/t20-,21+/m0/s1. The molecular formula is C24H26F3N3O7S2. The van der Waals surface area contributed by atoms with Gasteiger partial charge in [-0.2, -0.15) is 25.9 Å². The van der Waals surface area contributed by atoms with Crippen LogP contribution in [0.5, 0.6) is 5.75 Å². The van der Waals surface area contributed by atoms with E-state index in [1.54, 1.807) is 19.1 Å². The van der Waals surface area contributed by atoms with Crippen LogP contribution in [-0.4, -0.2) is 57.6 Å². The number of halogens is 3. The summed E-state index contributed by atoms with van der Waals surface area (Å²) in [5.74, 6) is -1.71. The van der Waals surface area contributed by atoms with E-state index in [2.05, 4.69) is 14.8 Å². The summed E-state index contributed by atoms with van der Waals surface area (Å²) in [5.41, 5.74) is -3.66. The van der Waals surface area contributed by atoms with Gasteiger partial charge in [0.25, 0.3) is 0 Å². The molecule has 2 N–H and O–H groups in total. The molecule has 2 atom stereocenters. The van der Waals surface area contributed by atoms with Crippen molar-refractivity contribution in [3.8, 4) is 5.75 Å². The number of benzene rings is 2. The number of nitrogens with one attached hydrogen (secondary N) is 2. The first-order valence-corrected chi connectivity index (χ1v) is 14.8. The van der Waals surface area contributed by atoms with Gasteiger partial charge in [0, 0.05) is 13.1 Å². The Labute approximate surface area is 223 Å². The lowest BCUT2D eigenvalue weighted by Crippen LogP contribution is -2.58. The molecule has 0 saturated carbocycles. The Kier molecular flexibility index (Phi) is 7.96. The molecule has 4 rings (SSSR count). The summed E-state index contributed by atoms with van der Waals surface area (Å²) in [5, 5.41) is 5.36. The van der Waals surface area contributed by atoms with E-state index in [-0.39, 0.29) is 18.0 Å². The molecule has 0 aromatic heterocycles. The lowest BCUT2D eigenvalue weighted by molar-refractivity contribution is -0.132. The minimum absolute atomic E-state index is 0.0000218. The van der Waals surface area contributed by atoms with E-state index in [1.165, 1.54) is 24.3 Å². The molecular weight excluding hydrogens is 563 g/mol. The molecule has 10 nitrogen and oxygen atoms in total. The number of sulfonamides is 1. The molecule has 2 aliphatic rings. The van der Waals surface area contributed by atoms with Gasteiger partial charge in [-0.3, -0.25) is 9.59 Å². The van der Waals surface area contributed by atoms with Crippen molar-refractivity contribution in [2.24, 2.45) is 0 Å². The molecule has 0 spiro atoms. The van der Waals surface area contributed by atoms with Crippen molar-refractivity contribution in [1.29, 1.82) is 0 Å². The molecule has 1 heterocycles. The number of amides is 2. The topological polar surface area (TPSA) is 139 Å². The fraction of sp³-hybridized carbons (Fsp3) is 0.417. The molecule has 1 aliphatic heterocycles. The lowest BCUT2D eigenvalue weighted by Gasteiger charge is -2.34. The minimum atomic E-state index is -5.83. The zero-order valence-corrected chi connectivity index (χ0v) is 22.3. The number of rotatable bonds is 7. The number of carbonyl (C=O) groups excluding carboxylic acids is 2. The third-order valence-corrected chi connectivity index (χ3v) is 9.44. The first kappa shape index (κ1) is 28.8. The van der Waals surface area contributed by atoms with Gasteiger partial charge >= 0.3 is 15.6 Å². The highest BCUT2D eigenvalue weighted by Crippen LogP contribution is 2.34. The van der Waals surface area contributed by atoms with Gasteiger partial charge in [-0.1, -0.05) is 23.8 Å². The molecule has 1 aliphatic carbocycles. The maximum Gasteiger partial charge on any atom is 0.534 e. The maximum atomic E-state index is 13.3. The largest absolute Gasteiger partial charge is 0.534 e. The molecule has 15 heteroatoms. The predicted octanol–water partition coefficient (Wildman–Crippen LogP) is 2.30. The zero-order chi connectivity index (χ0) is 28.6. The Morgan fingerprint density at radius 3 is 2.49 bits per heavy atom. The van der Waals surface area contributed by atoms with Crippen molar-refractivity contribution in [3.05, 3.63) is 59.2 Å². The molecule has 2 amide bonds. The molecule has 1 saturated heterocycles. The number of alkyl halides is 3. The van der Waals surface area contributed by atoms with Crippen molar-refractivity contribution in [3.63, 3.8) is 0 Å². The van der Waals surface area contributed by atoms with Crippen molar-refractivity contribution < 1.29 is 43.8 Å². The van der Waals surface area contributed by atoms with Crippen LogP contribution in [0.2, 0.25) is 0 Å². The SMILES string of the molecule is Cc1ccc(S(=O)(=O)N2CCNC(=O)[C@H]2CC(=O)N[C@H]2CCCc3cc(OS(=O)(=O)C(F)(F)F)ccc32)cc1. The Morgan fingerprint density at radius 2 is 1.82 bits per heavy atom. The van der Waals surface area contributed by atoms with E-state index < -0.39 is 61.7 Å². The van der Waals surface area contributed by atoms with Crippen LogP contribution >= 0.6 is 0 Å². The van der Waals surface area contributed by atoms with Gasteiger partial charge in [0.2, 0.25) is 21.8 Å². The number of hydrogen-bond donors (Lipinski definition) is 2. The molecule has 212 valence electrons. The summed E-state index contributed by atoms with van der Waals surface area (Å²) in [6.45, 7) is 1.88. The third kappa shape index (κ3) is 6.20. The summed E-state index contributed by atoms with van der Waals surface area (Å²) in [6, 6.07) is 7.90. The average Bonchev–Trinajstić information content (AvgIpc) is 2.84. The quantitative estimate of drug-likeness (QED) is 0.373. The van der Waals surface area contributed by atoms with E-state index in [4.69, 9.17) is 0 Å². The molecule has 1 fully saturated rings. The summed E-state index contributed by atoms with van der Waals surface area (Å²) >= 11 is 0. The number of carbonyl (C=O) groups is 2. The van der Waals surface area contributed by atoms with Crippen LogP contribution in [0.25, 0.3) is 0 Å². The maximum absolute atomic E-state index is 13.3. The first-order valence-electron chi connectivity index (χ1n) is 12.0. The normalized spacial score (nSPS) is 20.6. The van der Waals surface area contributed by atoms with Crippen LogP contribution in [0.3, 0.4) is 0 Å². The van der Waals surface area contributed by atoms with Crippen LogP contribution in [0.15, 0.2) is 47.4 Å². The Bertz CT molecular complexity index is 1480. The molecule has 2 aromatic carbocycles. The number of fused-ring (bicyclic) bond motifs is 1. The summed E-state index contributed by atoms with van der Waals surface area (Å²) in [6.07, 6.45) is 0.972. The zero-order valence-electron chi connectivity index (χ0n) is 20.7. The first-order chi connectivity index (χ1) is 18.2. The second kappa shape index (κ2) is 10.8. The molecule has 0 unspecified atom stereocenters. The monoisotopic (exact) mass is 589 g/mol. The van der Waals surface area contributed by atoms with Crippen molar-refractivity contribution in [2.45, 2.75) is 55.1 Å². The average molecular weight is 590 g/mol. The highest BCUT2D eigenvalue weighted by Gasteiger charge is 2.48. The Hall–Kier alpha value is -3.17. The van der Waals surface area contributed by atoms with Crippen LogP contribution < -0.4 is 14.8 Å². The van der Waals surface area contributed by atoms with Crippen LogP contribution in [-0.2, 0) is 36.2 Å². The van der Waals surface area contributed by atoms with Crippen molar-refractivity contribution in [2.75, 3.05) is 13.1 Å². The van der Waals surface area contributed by atoms with Crippen LogP contribution in [0.1, 0.15) is 42.0 Å². The van der Waals surface area contributed by atoms with Gasteiger partial charge in [-0.15, -0.1) is 0 Å². The van der Waals surface area contributed by atoms with Crippen molar-refractivity contribution >= 4 is 32.0 Å². The molecule has 2 aromatic rings. The number of aryl methyl sites for hydroxylation is 2. The van der Waals surface area contributed by atoms with Crippen LogP contribution in [0.4, 0.5) is 13.2 Å². The van der Waals surface area contributed by atoms with Gasteiger partial charge in [0.15, 0.2) is 0 Å². The summed E-state index contributed by atoms with van der Waals surface area (Å²) < 4.78 is 92.4. The Balaban J connectivity index is 1.50. The Morgan fingerprint density at radius 1 is 1.13 bits per heavy atom. The van der Waals surface area contributed by atoms with Crippen molar-refractivity contribution in [1.82, 2.24) is 14.9 Å². The summed E-state index contributed by atoms with van der Waals surface area (Å²) in [4.78, 5) is 25.7. The second-order valence-electron chi connectivity index (χ2n) is 9.30. The van der Waals surface area contributed by atoms with Gasteiger partial charge < -0.3 is 14.8 Å². The highest BCUT2D eigenvalue weighted by atomic mass is 32.2. The number of nitrogens with zero attached hydrogens (tertiary/aromatic N) is 1. The second-order valence-corrected chi connectivity index (χ2v) is 12.7. The van der Waals surface area contributed by atoms with Gasteiger partial charge in [-0.05, 0) is 61.6 Å². The van der Waals surface area contributed by atoms with E-state index in [9.17, 15) is 39.6 Å². The van der Waals surface area contributed by atoms with E-state index in [0.717, 1.165) is 15.9 Å². The highest BCUT2D eigenvalue weighted by molar-refractivity contribution is 7.89. The third-order valence-electron chi connectivity index (χ3n) is 6.54.